The fourth-order valence-corrected chi connectivity index (χ4v) is 3.04. The predicted octanol–water partition coefficient (Wildman–Crippen LogP) is 1.38. The van der Waals surface area contributed by atoms with Crippen LogP contribution in [0.25, 0.3) is 0 Å². The van der Waals surface area contributed by atoms with Crippen molar-refractivity contribution in [3.05, 3.63) is 65.2 Å². The predicted molar refractivity (Wildman–Crippen MR) is 87.2 cm³/mol. The van der Waals surface area contributed by atoms with Crippen LogP contribution in [-0.2, 0) is 13.0 Å². The quantitative estimate of drug-likeness (QED) is 0.874. The summed E-state index contributed by atoms with van der Waals surface area (Å²) in [6, 6.07) is 16.6. The number of benzene rings is 2. The van der Waals surface area contributed by atoms with Crippen LogP contribution in [0, 0.1) is 6.92 Å². The van der Waals surface area contributed by atoms with Crippen LogP contribution >= 0.6 is 0 Å². The third kappa shape index (κ3) is 3.87. The summed E-state index contributed by atoms with van der Waals surface area (Å²) in [7, 11) is 0. The molecule has 0 amide bonds. The number of aliphatic hydroxyl groups excluding tert-OH is 1. The van der Waals surface area contributed by atoms with Crippen LogP contribution in [0.2, 0.25) is 0 Å². The maximum absolute atomic E-state index is 10.2. The van der Waals surface area contributed by atoms with Gasteiger partial charge in [0.2, 0.25) is 0 Å². The van der Waals surface area contributed by atoms with E-state index in [9.17, 15) is 5.11 Å². The van der Waals surface area contributed by atoms with Gasteiger partial charge < -0.3 is 14.7 Å². The van der Waals surface area contributed by atoms with Crippen LogP contribution in [0.4, 0.5) is 0 Å². The molecule has 3 nitrogen and oxygen atoms in total. The summed E-state index contributed by atoms with van der Waals surface area (Å²) in [6.07, 6.45) is 0.665. The fourth-order valence-electron chi connectivity index (χ4n) is 3.04. The lowest BCUT2D eigenvalue weighted by atomic mass is 10.00. The van der Waals surface area contributed by atoms with Gasteiger partial charge in [-0.1, -0.05) is 42.0 Å². The number of ether oxygens (including phenoxy) is 1. The van der Waals surface area contributed by atoms with Crippen molar-refractivity contribution in [1.29, 1.82) is 0 Å². The van der Waals surface area contributed by atoms with Gasteiger partial charge in [0.25, 0.3) is 0 Å². The summed E-state index contributed by atoms with van der Waals surface area (Å²) in [5, 5.41) is 10.2. The largest absolute Gasteiger partial charge is 0.491 e. The van der Waals surface area contributed by atoms with E-state index in [0.717, 1.165) is 31.8 Å². The zero-order valence-corrected chi connectivity index (χ0v) is 13.1. The molecule has 0 fully saturated rings. The van der Waals surface area contributed by atoms with Crippen molar-refractivity contribution in [2.24, 2.45) is 0 Å². The molecule has 0 bridgehead atoms. The van der Waals surface area contributed by atoms with E-state index >= 15 is 0 Å². The van der Waals surface area contributed by atoms with Crippen molar-refractivity contribution in [3.63, 3.8) is 0 Å². The fraction of sp³-hybridized carbons (Fsp3) is 0.368. The Kier molecular flexibility index (Phi) is 4.76. The van der Waals surface area contributed by atoms with Gasteiger partial charge in [-0.25, -0.2) is 0 Å². The Morgan fingerprint density at radius 2 is 1.82 bits per heavy atom. The summed E-state index contributed by atoms with van der Waals surface area (Å²) >= 11 is 0. The summed E-state index contributed by atoms with van der Waals surface area (Å²) in [4.78, 5) is 1.43. The van der Waals surface area contributed by atoms with Gasteiger partial charge in [0, 0.05) is 12.0 Å². The molecule has 116 valence electrons. The second-order valence-electron chi connectivity index (χ2n) is 6.18. The van der Waals surface area contributed by atoms with Crippen molar-refractivity contribution < 1.29 is 14.7 Å². The van der Waals surface area contributed by atoms with E-state index in [2.05, 4.69) is 31.2 Å². The molecular weight excluding hydrogens is 274 g/mol. The molecule has 0 radical (unpaired) electrons. The van der Waals surface area contributed by atoms with Gasteiger partial charge >= 0.3 is 0 Å². The normalized spacial score (nSPS) is 18.5. The Hall–Kier alpha value is -1.84. The highest BCUT2D eigenvalue weighted by molar-refractivity contribution is 5.27. The molecule has 0 aromatic heterocycles. The second-order valence-corrected chi connectivity index (χ2v) is 6.18. The molecular formula is C19H24NO2+. The van der Waals surface area contributed by atoms with E-state index in [-0.39, 0.29) is 0 Å². The molecule has 1 aliphatic rings. The van der Waals surface area contributed by atoms with Crippen LogP contribution in [-0.4, -0.2) is 30.9 Å². The SMILES string of the molecule is Cc1ccc(OC[C@H](O)C[NH+]2CCc3ccccc3C2)cc1. The number of rotatable bonds is 5. The molecule has 1 aliphatic heterocycles. The molecule has 2 aromatic carbocycles. The van der Waals surface area contributed by atoms with Crippen molar-refractivity contribution in [2.75, 3.05) is 19.7 Å². The standard InChI is InChI=1S/C19H23NO2/c1-15-6-8-19(9-7-15)22-14-18(21)13-20-11-10-16-4-2-3-5-17(16)12-20/h2-9,18,21H,10-14H2,1H3/p+1/t18-/m1/s1. The smallest absolute Gasteiger partial charge is 0.137 e. The average Bonchev–Trinajstić information content (AvgIpc) is 2.54. The van der Waals surface area contributed by atoms with Gasteiger partial charge in [-0.15, -0.1) is 0 Å². The molecule has 1 unspecified atom stereocenters. The lowest BCUT2D eigenvalue weighted by Crippen LogP contribution is -3.13. The maximum Gasteiger partial charge on any atom is 0.137 e. The van der Waals surface area contributed by atoms with Crippen LogP contribution in [0.5, 0.6) is 5.75 Å². The summed E-state index contributed by atoms with van der Waals surface area (Å²) in [6.45, 7) is 5.22. The molecule has 2 N–H and O–H groups in total. The third-order valence-electron chi connectivity index (χ3n) is 4.29. The van der Waals surface area contributed by atoms with Crippen molar-refractivity contribution >= 4 is 0 Å². The first-order valence-electron chi connectivity index (χ1n) is 7.98. The summed E-state index contributed by atoms with van der Waals surface area (Å²) < 4.78 is 5.67. The molecule has 1 heterocycles. The zero-order valence-electron chi connectivity index (χ0n) is 13.1. The molecule has 3 rings (SSSR count). The first-order valence-corrected chi connectivity index (χ1v) is 7.98. The third-order valence-corrected chi connectivity index (χ3v) is 4.29. The van der Waals surface area contributed by atoms with Gasteiger partial charge in [0.05, 0.1) is 6.54 Å². The minimum Gasteiger partial charge on any atom is -0.491 e. The number of quaternary nitrogens is 1. The molecule has 0 spiro atoms. The van der Waals surface area contributed by atoms with Crippen LogP contribution in [0.15, 0.2) is 48.5 Å². The average molecular weight is 298 g/mol. The van der Waals surface area contributed by atoms with Crippen molar-refractivity contribution in [1.82, 2.24) is 0 Å². The monoisotopic (exact) mass is 298 g/mol. The number of fused-ring (bicyclic) bond motifs is 1. The Bertz CT molecular complexity index is 609. The van der Waals surface area contributed by atoms with Gasteiger partial charge in [0.15, 0.2) is 0 Å². The highest BCUT2D eigenvalue weighted by atomic mass is 16.5. The molecule has 0 saturated heterocycles. The molecule has 2 atom stereocenters. The highest BCUT2D eigenvalue weighted by Gasteiger charge is 2.21. The van der Waals surface area contributed by atoms with Crippen molar-refractivity contribution in [3.8, 4) is 5.75 Å². The number of hydrogen-bond donors (Lipinski definition) is 2. The van der Waals surface area contributed by atoms with E-state index in [1.807, 2.05) is 24.3 Å². The molecule has 22 heavy (non-hydrogen) atoms. The van der Waals surface area contributed by atoms with Gasteiger partial charge in [-0.2, -0.15) is 0 Å². The number of aliphatic hydroxyl groups is 1. The highest BCUT2D eigenvalue weighted by Crippen LogP contribution is 2.12. The number of aryl methyl sites for hydroxylation is 1. The van der Waals surface area contributed by atoms with Crippen LogP contribution in [0.3, 0.4) is 0 Å². The molecule has 3 heteroatoms. The summed E-state index contributed by atoms with van der Waals surface area (Å²) in [5.41, 5.74) is 4.08. The Labute approximate surface area is 132 Å². The Morgan fingerprint density at radius 1 is 1.09 bits per heavy atom. The van der Waals surface area contributed by atoms with E-state index in [4.69, 9.17) is 4.74 Å². The minimum absolute atomic E-state index is 0.355. The maximum atomic E-state index is 10.2. The summed E-state index contributed by atoms with van der Waals surface area (Å²) in [5.74, 6) is 0.823. The van der Waals surface area contributed by atoms with Gasteiger partial charge in [-0.05, 0) is 24.6 Å². The minimum atomic E-state index is -0.429. The van der Waals surface area contributed by atoms with Crippen LogP contribution < -0.4 is 9.64 Å². The molecule has 0 aliphatic carbocycles. The number of nitrogens with one attached hydrogen (secondary N) is 1. The lowest BCUT2D eigenvalue weighted by molar-refractivity contribution is -0.918. The Morgan fingerprint density at radius 3 is 2.59 bits per heavy atom. The van der Waals surface area contributed by atoms with Gasteiger partial charge in [-0.3, -0.25) is 0 Å². The van der Waals surface area contributed by atoms with Gasteiger partial charge in [0.1, 0.15) is 31.5 Å². The van der Waals surface area contributed by atoms with E-state index in [1.165, 1.54) is 21.6 Å². The first kappa shape index (κ1) is 15.1. The lowest BCUT2D eigenvalue weighted by Gasteiger charge is -2.27. The first-order chi connectivity index (χ1) is 10.7. The van der Waals surface area contributed by atoms with E-state index in [1.54, 1.807) is 0 Å². The zero-order chi connectivity index (χ0) is 15.4. The topological polar surface area (TPSA) is 33.9 Å². The molecule has 0 saturated carbocycles. The van der Waals surface area contributed by atoms with Crippen LogP contribution in [0.1, 0.15) is 16.7 Å². The molecule has 2 aromatic rings. The second kappa shape index (κ2) is 6.95. The Balaban J connectivity index is 1.48. The van der Waals surface area contributed by atoms with E-state index in [0.29, 0.717) is 6.61 Å². The van der Waals surface area contributed by atoms with E-state index < -0.39 is 6.10 Å². The van der Waals surface area contributed by atoms with Crippen molar-refractivity contribution in [2.45, 2.75) is 26.0 Å². The number of hydrogen-bond acceptors (Lipinski definition) is 2.